The highest BCUT2D eigenvalue weighted by atomic mass is 32.1. The molecule has 7 rings (SSSR count). The molecular formula is C29H36N4O2S. The maximum Gasteiger partial charge on any atom is 0.198 e. The zero-order valence-corrected chi connectivity index (χ0v) is 21.7. The lowest BCUT2D eigenvalue weighted by molar-refractivity contribution is 0.130. The number of fused-ring (bicyclic) bond motifs is 6. The molecule has 6 nitrogen and oxygen atoms in total. The highest BCUT2D eigenvalue weighted by molar-refractivity contribution is 7.13. The first-order chi connectivity index (χ1) is 17.6. The van der Waals surface area contributed by atoms with Crippen molar-refractivity contribution in [2.75, 3.05) is 37.6 Å². The Morgan fingerprint density at radius 2 is 1.67 bits per heavy atom. The van der Waals surface area contributed by atoms with E-state index >= 15 is 0 Å². The largest absolute Gasteiger partial charge is 0.494 e. The predicted octanol–water partition coefficient (Wildman–Crippen LogP) is 5.67. The Labute approximate surface area is 217 Å². The topological polar surface area (TPSA) is 64.8 Å². The van der Waals surface area contributed by atoms with E-state index < -0.39 is 0 Å². The molecular weight excluding hydrogens is 468 g/mol. The lowest BCUT2D eigenvalue weighted by Crippen LogP contribution is -2.49. The summed E-state index contributed by atoms with van der Waals surface area (Å²) in [5.41, 5.74) is 3.22. The SMILES string of the molecule is C=C1C[C@H]2C[C@@H]1c1c2c(O)n(C[C@@H]2CCCC[C@H]2CN2CCN(c3nsc4ccccc34)CC2)c1O. The molecule has 36 heavy (non-hydrogen) atoms. The standard InChI is InChI=1S/C29H36N4O2S/c1-18-14-21-15-23(18)26-25(21)28(34)33(29(26)35)17-20-7-3-2-6-19(20)16-31-10-12-32(13-11-31)27-22-8-4-5-9-24(22)36-30-27/h4-5,8-9,19-21,23,34-35H,1-3,6-7,10-17H2/t19-,20-,21-,23-/m0/s1. The van der Waals surface area contributed by atoms with Crippen molar-refractivity contribution in [3.8, 4) is 11.8 Å². The minimum Gasteiger partial charge on any atom is -0.494 e. The minimum atomic E-state index is 0.241. The normalized spacial score (nSPS) is 28.3. The fourth-order valence-electron chi connectivity index (χ4n) is 7.66. The summed E-state index contributed by atoms with van der Waals surface area (Å²) >= 11 is 1.60. The molecule has 0 radical (unpaired) electrons. The van der Waals surface area contributed by atoms with Gasteiger partial charge in [0.25, 0.3) is 0 Å². The number of rotatable bonds is 5. The van der Waals surface area contributed by atoms with Crippen molar-refractivity contribution in [3.63, 3.8) is 0 Å². The van der Waals surface area contributed by atoms with Crippen molar-refractivity contribution < 1.29 is 10.2 Å². The summed E-state index contributed by atoms with van der Waals surface area (Å²) in [6, 6.07) is 8.54. The van der Waals surface area contributed by atoms with Crippen molar-refractivity contribution in [2.45, 2.75) is 56.9 Å². The number of piperazine rings is 1. The second-order valence-corrected chi connectivity index (χ2v) is 12.3. The van der Waals surface area contributed by atoms with Crippen LogP contribution in [-0.4, -0.2) is 56.8 Å². The van der Waals surface area contributed by atoms with Gasteiger partial charge in [0.2, 0.25) is 0 Å². The third-order valence-corrected chi connectivity index (χ3v) is 10.4. The molecule has 2 aromatic heterocycles. The summed E-state index contributed by atoms with van der Waals surface area (Å²) in [5.74, 6) is 3.47. The highest BCUT2D eigenvalue weighted by Crippen LogP contribution is 2.61. The molecule has 7 heteroatoms. The number of anilines is 1. The van der Waals surface area contributed by atoms with Crippen LogP contribution in [0.5, 0.6) is 11.8 Å². The molecule has 2 N–H and O–H groups in total. The van der Waals surface area contributed by atoms with E-state index in [9.17, 15) is 10.2 Å². The average molecular weight is 505 g/mol. The van der Waals surface area contributed by atoms with Gasteiger partial charge in [-0.05, 0) is 67.1 Å². The molecule has 2 bridgehead atoms. The summed E-state index contributed by atoms with van der Waals surface area (Å²) in [7, 11) is 0. The molecule has 2 saturated carbocycles. The van der Waals surface area contributed by atoms with Crippen molar-refractivity contribution in [1.82, 2.24) is 13.8 Å². The van der Waals surface area contributed by atoms with Crippen LogP contribution >= 0.6 is 11.5 Å². The highest BCUT2D eigenvalue weighted by Gasteiger charge is 2.46. The Hall–Kier alpha value is -2.51. The third kappa shape index (κ3) is 3.58. The van der Waals surface area contributed by atoms with Gasteiger partial charge < -0.3 is 15.1 Å². The van der Waals surface area contributed by atoms with E-state index in [4.69, 9.17) is 4.37 Å². The molecule has 1 aromatic carbocycles. The fraction of sp³-hybridized carbons (Fsp3) is 0.552. The molecule has 3 fully saturated rings. The summed E-state index contributed by atoms with van der Waals surface area (Å²) in [5, 5.41) is 23.5. The van der Waals surface area contributed by atoms with Crippen LogP contribution in [0.3, 0.4) is 0 Å². The van der Waals surface area contributed by atoms with Crippen LogP contribution in [0, 0.1) is 11.8 Å². The van der Waals surface area contributed by atoms with Crippen molar-refractivity contribution in [3.05, 3.63) is 47.5 Å². The number of nitrogens with zero attached hydrogens (tertiary/aromatic N) is 4. The summed E-state index contributed by atoms with van der Waals surface area (Å²) in [6.07, 6.45) is 6.93. The molecule has 3 aliphatic carbocycles. The van der Waals surface area contributed by atoms with Gasteiger partial charge in [0, 0.05) is 61.7 Å². The monoisotopic (exact) mass is 504 g/mol. The van der Waals surface area contributed by atoms with Crippen LogP contribution in [0.15, 0.2) is 36.4 Å². The van der Waals surface area contributed by atoms with E-state index in [1.807, 2.05) is 4.57 Å². The third-order valence-electron chi connectivity index (χ3n) is 9.57. The van der Waals surface area contributed by atoms with Gasteiger partial charge in [-0.1, -0.05) is 37.1 Å². The van der Waals surface area contributed by atoms with Gasteiger partial charge in [-0.25, -0.2) is 0 Å². The van der Waals surface area contributed by atoms with Gasteiger partial charge in [-0.15, -0.1) is 0 Å². The van der Waals surface area contributed by atoms with Gasteiger partial charge in [-0.2, -0.15) is 4.37 Å². The van der Waals surface area contributed by atoms with Crippen LogP contribution in [0.2, 0.25) is 0 Å². The Bertz CT molecular complexity index is 1300. The molecule has 1 saturated heterocycles. The van der Waals surface area contributed by atoms with E-state index in [-0.39, 0.29) is 5.92 Å². The minimum absolute atomic E-state index is 0.241. The molecule has 0 amide bonds. The van der Waals surface area contributed by atoms with Crippen LogP contribution in [0.1, 0.15) is 61.5 Å². The Morgan fingerprint density at radius 3 is 2.47 bits per heavy atom. The molecule has 0 spiro atoms. The summed E-state index contributed by atoms with van der Waals surface area (Å²) in [4.78, 5) is 5.08. The first-order valence-electron chi connectivity index (χ1n) is 13.7. The number of hydrogen-bond acceptors (Lipinski definition) is 6. The van der Waals surface area contributed by atoms with E-state index in [2.05, 4.69) is 40.6 Å². The Morgan fingerprint density at radius 1 is 0.944 bits per heavy atom. The van der Waals surface area contributed by atoms with Crippen LogP contribution in [0.25, 0.3) is 10.1 Å². The Kier molecular flexibility index (Phi) is 5.54. The van der Waals surface area contributed by atoms with Gasteiger partial charge in [-0.3, -0.25) is 9.47 Å². The van der Waals surface area contributed by atoms with E-state index in [1.165, 1.54) is 41.3 Å². The summed E-state index contributed by atoms with van der Waals surface area (Å²) in [6.45, 7) is 10.2. The second kappa shape index (κ2) is 8.80. The zero-order chi connectivity index (χ0) is 24.4. The molecule has 0 unspecified atom stereocenters. The van der Waals surface area contributed by atoms with Crippen molar-refractivity contribution in [2.24, 2.45) is 11.8 Å². The van der Waals surface area contributed by atoms with Crippen LogP contribution in [0.4, 0.5) is 5.82 Å². The van der Waals surface area contributed by atoms with E-state index in [0.717, 1.165) is 69.1 Å². The molecule has 4 aliphatic rings. The molecule has 3 heterocycles. The number of aromatic nitrogens is 2. The molecule has 3 aromatic rings. The van der Waals surface area contributed by atoms with Crippen molar-refractivity contribution in [1.29, 1.82) is 0 Å². The number of benzene rings is 1. The summed E-state index contributed by atoms with van der Waals surface area (Å²) < 4.78 is 7.88. The fourth-order valence-corrected chi connectivity index (χ4v) is 8.46. The lowest BCUT2D eigenvalue weighted by Gasteiger charge is -2.40. The molecule has 4 atom stereocenters. The maximum absolute atomic E-state index is 11.1. The quantitative estimate of drug-likeness (QED) is 0.439. The smallest absolute Gasteiger partial charge is 0.198 e. The van der Waals surface area contributed by atoms with Crippen LogP contribution in [-0.2, 0) is 6.54 Å². The number of aromatic hydroxyl groups is 2. The average Bonchev–Trinajstić information content (AvgIpc) is 3.64. The lowest BCUT2D eigenvalue weighted by atomic mass is 9.78. The predicted molar refractivity (Wildman–Crippen MR) is 145 cm³/mol. The second-order valence-electron chi connectivity index (χ2n) is 11.5. The maximum atomic E-state index is 11.1. The number of hydrogen-bond donors (Lipinski definition) is 2. The Balaban J connectivity index is 1.03. The van der Waals surface area contributed by atoms with Gasteiger partial charge >= 0.3 is 0 Å². The van der Waals surface area contributed by atoms with Crippen LogP contribution < -0.4 is 4.90 Å². The molecule has 1 aliphatic heterocycles. The van der Waals surface area contributed by atoms with Crippen molar-refractivity contribution >= 4 is 27.4 Å². The number of allylic oxidation sites excluding steroid dienone is 1. The first kappa shape index (κ1) is 22.7. The molecule has 190 valence electrons. The van der Waals surface area contributed by atoms with Gasteiger partial charge in [0.05, 0.1) is 4.70 Å². The van der Waals surface area contributed by atoms with Gasteiger partial charge in [0.1, 0.15) is 5.82 Å². The zero-order valence-electron chi connectivity index (χ0n) is 20.9. The first-order valence-corrected chi connectivity index (χ1v) is 14.5. The van der Waals surface area contributed by atoms with Gasteiger partial charge in [0.15, 0.2) is 11.8 Å². The van der Waals surface area contributed by atoms with E-state index in [1.54, 1.807) is 11.5 Å². The van der Waals surface area contributed by atoms with E-state index in [0.29, 0.717) is 29.5 Å².